The van der Waals surface area contributed by atoms with E-state index in [2.05, 4.69) is 34.4 Å². The van der Waals surface area contributed by atoms with Gasteiger partial charge in [0.25, 0.3) is 0 Å². The quantitative estimate of drug-likeness (QED) is 0.245. The van der Waals surface area contributed by atoms with Crippen LogP contribution in [-0.2, 0) is 14.8 Å². The Morgan fingerprint density at radius 3 is 2.38 bits per heavy atom. The molecule has 2 N–H and O–H groups in total. The Labute approximate surface area is 198 Å². The average Bonchev–Trinajstić information content (AvgIpc) is 2.70. The average molecular weight is 564 g/mol. The smallest absolute Gasteiger partial charge is 0.215 e. The number of halogens is 1. The van der Waals surface area contributed by atoms with Gasteiger partial charge in [0.1, 0.15) is 0 Å². The number of sulfonamides is 1. The Morgan fingerprint density at radius 2 is 1.79 bits per heavy atom. The van der Waals surface area contributed by atoms with Crippen LogP contribution in [0.1, 0.15) is 20.3 Å². The topological polar surface area (TPSA) is 86.3 Å². The predicted octanol–water partition coefficient (Wildman–Crippen LogP) is 0.895. The standard InChI is InChI=1S/C18H37N5O3S2.HI/c1-16(2)14-17(22-5-9-26-10-6-22)15-21-18(19-3)20-4-13-28(24,25)23-7-11-27-12-8-23;/h16-17H,4-15H2,1-3H3,(H2,19,20,21);1H. The molecule has 2 heterocycles. The van der Waals surface area contributed by atoms with Crippen molar-refractivity contribution >= 4 is 51.7 Å². The van der Waals surface area contributed by atoms with Crippen LogP contribution >= 0.6 is 35.7 Å². The van der Waals surface area contributed by atoms with Gasteiger partial charge < -0.3 is 15.4 Å². The lowest BCUT2D eigenvalue weighted by atomic mass is 10.0. The van der Waals surface area contributed by atoms with Gasteiger partial charge >= 0.3 is 0 Å². The van der Waals surface area contributed by atoms with Crippen molar-refractivity contribution in [2.24, 2.45) is 10.9 Å². The van der Waals surface area contributed by atoms with Crippen molar-refractivity contribution in [1.29, 1.82) is 0 Å². The van der Waals surface area contributed by atoms with Crippen molar-refractivity contribution in [2.75, 3.05) is 76.8 Å². The first kappa shape index (κ1) is 27.2. The van der Waals surface area contributed by atoms with Gasteiger partial charge in [0.15, 0.2) is 5.96 Å². The van der Waals surface area contributed by atoms with Gasteiger partial charge in [-0.1, -0.05) is 13.8 Å². The third-order valence-electron chi connectivity index (χ3n) is 5.05. The zero-order chi connectivity index (χ0) is 20.4. The second kappa shape index (κ2) is 14.3. The van der Waals surface area contributed by atoms with E-state index in [1.807, 2.05) is 11.8 Å². The first-order valence-corrected chi connectivity index (χ1v) is 13.0. The minimum Gasteiger partial charge on any atom is -0.379 e. The number of nitrogens with one attached hydrogen (secondary N) is 2. The molecule has 0 radical (unpaired) electrons. The highest BCUT2D eigenvalue weighted by Gasteiger charge is 2.24. The molecule has 29 heavy (non-hydrogen) atoms. The van der Waals surface area contributed by atoms with Crippen molar-refractivity contribution in [2.45, 2.75) is 26.3 Å². The fraction of sp³-hybridized carbons (Fsp3) is 0.944. The Hall–Kier alpha value is 0.180. The van der Waals surface area contributed by atoms with Gasteiger partial charge in [0.05, 0.1) is 19.0 Å². The summed E-state index contributed by atoms with van der Waals surface area (Å²) < 4.78 is 32.0. The van der Waals surface area contributed by atoms with E-state index < -0.39 is 10.0 Å². The minimum absolute atomic E-state index is 0. The number of aliphatic imine (C=N–C) groups is 1. The van der Waals surface area contributed by atoms with E-state index in [1.165, 1.54) is 0 Å². The number of thioether (sulfide) groups is 1. The lowest BCUT2D eigenvalue weighted by Gasteiger charge is -2.35. The summed E-state index contributed by atoms with van der Waals surface area (Å²) in [6, 6.07) is 0.414. The number of rotatable bonds is 9. The number of hydrogen-bond acceptors (Lipinski definition) is 6. The van der Waals surface area contributed by atoms with Gasteiger partial charge in [-0.05, 0) is 12.3 Å². The molecular formula is C18H38IN5O3S2. The normalized spacial score (nSPS) is 20.9. The van der Waals surface area contributed by atoms with Gasteiger partial charge in [-0.15, -0.1) is 24.0 Å². The summed E-state index contributed by atoms with van der Waals surface area (Å²) in [5, 5.41) is 6.54. The van der Waals surface area contributed by atoms with Gasteiger partial charge in [-0.3, -0.25) is 9.89 Å². The highest BCUT2D eigenvalue weighted by molar-refractivity contribution is 14.0. The molecule has 2 aliphatic heterocycles. The van der Waals surface area contributed by atoms with E-state index in [4.69, 9.17) is 4.74 Å². The summed E-state index contributed by atoms with van der Waals surface area (Å²) in [6.45, 7) is 10.4. The molecule has 2 rings (SSSR count). The van der Waals surface area contributed by atoms with Crippen molar-refractivity contribution < 1.29 is 13.2 Å². The van der Waals surface area contributed by atoms with Crippen LogP contribution in [0.2, 0.25) is 0 Å². The molecule has 2 fully saturated rings. The number of nitrogens with zero attached hydrogens (tertiary/aromatic N) is 3. The summed E-state index contributed by atoms with van der Waals surface area (Å²) >= 11 is 1.81. The number of guanidine groups is 1. The zero-order valence-corrected chi connectivity index (χ0v) is 21.9. The molecule has 0 aromatic rings. The number of morpholine rings is 1. The summed E-state index contributed by atoms with van der Waals surface area (Å²) in [4.78, 5) is 6.73. The second-order valence-electron chi connectivity index (χ2n) is 7.64. The predicted molar refractivity (Wildman–Crippen MR) is 133 cm³/mol. The Morgan fingerprint density at radius 1 is 1.14 bits per heavy atom. The highest BCUT2D eigenvalue weighted by Crippen LogP contribution is 2.14. The lowest BCUT2D eigenvalue weighted by molar-refractivity contribution is 0.0132. The molecular weight excluding hydrogens is 525 g/mol. The molecule has 0 aliphatic carbocycles. The maximum atomic E-state index is 12.4. The van der Waals surface area contributed by atoms with Crippen molar-refractivity contribution in [1.82, 2.24) is 19.8 Å². The number of ether oxygens (including phenoxy) is 1. The molecule has 0 saturated carbocycles. The van der Waals surface area contributed by atoms with E-state index in [9.17, 15) is 8.42 Å². The summed E-state index contributed by atoms with van der Waals surface area (Å²) in [5.41, 5.74) is 0. The highest BCUT2D eigenvalue weighted by atomic mass is 127. The maximum Gasteiger partial charge on any atom is 0.215 e. The van der Waals surface area contributed by atoms with Crippen LogP contribution in [0.3, 0.4) is 0 Å². The maximum absolute atomic E-state index is 12.4. The van der Waals surface area contributed by atoms with Gasteiger partial charge in [-0.25, -0.2) is 12.7 Å². The van der Waals surface area contributed by atoms with Crippen LogP contribution < -0.4 is 10.6 Å². The first-order chi connectivity index (χ1) is 13.4. The molecule has 0 amide bonds. The fourth-order valence-electron chi connectivity index (χ4n) is 3.54. The Kier molecular flexibility index (Phi) is 13.4. The molecule has 0 spiro atoms. The first-order valence-electron chi connectivity index (χ1n) is 10.2. The van der Waals surface area contributed by atoms with Crippen molar-refractivity contribution in [3.63, 3.8) is 0 Å². The van der Waals surface area contributed by atoms with Gasteiger partial charge in [0.2, 0.25) is 10.0 Å². The molecule has 2 saturated heterocycles. The van der Waals surface area contributed by atoms with E-state index in [0.29, 0.717) is 37.6 Å². The van der Waals surface area contributed by atoms with Gasteiger partial charge in [-0.2, -0.15) is 11.8 Å². The second-order valence-corrected chi connectivity index (χ2v) is 11.0. The molecule has 0 bridgehead atoms. The fourth-order valence-corrected chi connectivity index (χ4v) is 6.03. The van der Waals surface area contributed by atoms with Crippen molar-refractivity contribution in [3.05, 3.63) is 0 Å². The van der Waals surface area contributed by atoms with E-state index in [-0.39, 0.29) is 29.7 Å². The van der Waals surface area contributed by atoms with Crippen LogP contribution in [0.4, 0.5) is 0 Å². The van der Waals surface area contributed by atoms with Crippen LogP contribution in [0.15, 0.2) is 4.99 Å². The largest absolute Gasteiger partial charge is 0.379 e. The Bertz CT molecular complexity index is 580. The van der Waals surface area contributed by atoms with Crippen LogP contribution in [0, 0.1) is 5.92 Å². The molecule has 1 atom stereocenters. The Balaban J connectivity index is 0.00000420. The summed E-state index contributed by atoms with van der Waals surface area (Å²) in [6.07, 6.45) is 1.10. The molecule has 8 nitrogen and oxygen atoms in total. The molecule has 1 unspecified atom stereocenters. The third kappa shape index (κ3) is 9.90. The van der Waals surface area contributed by atoms with E-state index in [0.717, 1.165) is 50.8 Å². The minimum atomic E-state index is -3.20. The SMILES string of the molecule is CN=C(NCCS(=O)(=O)N1CCSCC1)NCC(CC(C)C)N1CCOCC1.I. The molecule has 11 heteroatoms. The monoisotopic (exact) mass is 563 g/mol. The van der Waals surface area contributed by atoms with Gasteiger partial charge in [0, 0.05) is 63.9 Å². The van der Waals surface area contributed by atoms with E-state index >= 15 is 0 Å². The summed E-state index contributed by atoms with van der Waals surface area (Å²) in [7, 11) is -1.48. The molecule has 2 aliphatic rings. The van der Waals surface area contributed by atoms with Crippen LogP contribution in [0.25, 0.3) is 0 Å². The number of hydrogen-bond donors (Lipinski definition) is 2. The zero-order valence-electron chi connectivity index (χ0n) is 17.9. The molecule has 0 aromatic carbocycles. The van der Waals surface area contributed by atoms with Crippen LogP contribution in [0.5, 0.6) is 0 Å². The van der Waals surface area contributed by atoms with Crippen LogP contribution in [-0.4, -0.2) is 106 Å². The molecule has 0 aromatic heterocycles. The lowest BCUT2D eigenvalue weighted by Crippen LogP contribution is -2.51. The third-order valence-corrected chi connectivity index (χ3v) is 7.86. The summed E-state index contributed by atoms with van der Waals surface area (Å²) in [5.74, 6) is 3.13. The van der Waals surface area contributed by atoms with Crippen molar-refractivity contribution in [3.8, 4) is 0 Å². The van der Waals surface area contributed by atoms with E-state index in [1.54, 1.807) is 11.4 Å². The molecule has 172 valence electrons.